The predicted octanol–water partition coefficient (Wildman–Crippen LogP) is 1.41. The van der Waals surface area contributed by atoms with Crippen LogP contribution in [0.1, 0.15) is 32.7 Å². The van der Waals surface area contributed by atoms with E-state index < -0.39 is 0 Å². The molecular formula is C12H19ClN4O. The highest BCUT2D eigenvalue weighted by Gasteiger charge is 2.21. The lowest BCUT2D eigenvalue weighted by Gasteiger charge is -2.32. The largest absolute Gasteiger partial charge is 0.369 e. The summed E-state index contributed by atoms with van der Waals surface area (Å²) in [6, 6.07) is 0.267. The molecule has 0 aliphatic carbocycles. The van der Waals surface area contributed by atoms with Crippen molar-refractivity contribution in [3.8, 4) is 0 Å². The summed E-state index contributed by atoms with van der Waals surface area (Å²) in [6.07, 6.45) is 3.52. The lowest BCUT2D eigenvalue weighted by molar-refractivity contribution is 0.488. The van der Waals surface area contributed by atoms with Crippen LogP contribution in [0.2, 0.25) is 5.02 Å². The van der Waals surface area contributed by atoms with Gasteiger partial charge < -0.3 is 10.6 Å². The first kappa shape index (κ1) is 13.4. The molecule has 1 aliphatic rings. The molecule has 0 bridgehead atoms. The average molecular weight is 271 g/mol. The molecular weight excluding hydrogens is 252 g/mol. The summed E-state index contributed by atoms with van der Waals surface area (Å²) in [5.41, 5.74) is 6.37. The third kappa shape index (κ3) is 2.52. The van der Waals surface area contributed by atoms with E-state index in [1.807, 2.05) is 13.8 Å². The predicted molar refractivity (Wildman–Crippen MR) is 73.3 cm³/mol. The summed E-state index contributed by atoms with van der Waals surface area (Å²) in [7, 11) is 0. The van der Waals surface area contributed by atoms with E-state index in [1.165, 1.54) is 4.68 Å². The first-order chi connectivity index (χ1) is 8.50. The molecule has 1 aliphatic heterocycles. The topological polar surface area (TPSA) is 64.2 Å². The Morgan fingerprint density at radius 1 is 1.44 bits per heavy atom. The highest BCUT2D eigenvalue weighted by atomic mass is 35.5. The van der Waals surface area contributed by atoms with Gasteiger partial charge in [-0.2, -0.15) is 5.10 Å². The minimum atomic E-state index is -0.223. The fourth-order valence-electron chi connectivity index (χ4n) is 2.16. The third-order valence-electron chi connectivity index (χ3n) is 3.29. The molecule has 0 atom stereocenters. The number of hydrogen-bond acceptors (Lipinski definition) is 4. The smallest absolute Gasteiger partial charge is 0.287 e. The van der Waals surface area contributed by atoms with E-state index in [4.69, 9.17) is 17.3 Å². The molecule has 0 radical (unpaired) electrons. The molecule has 0 aromatic carbocycles. The summed E-state index contributed by atoms with van der Waals surface area (Å²) >= 11 is 6.17. The molecule has 1 fully saturated rings. The number of hydrogen-bond donors (Lipinski definition) is 1. The van der Waals surface area contributed by atoms with Crippen LogP contribution in [0.4, 0.5) is 5.69 Å². The molecule has 1 aromatic heterocycles. The van der Waals surface area contributed by atoms with E-state index in [0.717, 1.165) is 31.6 Å². The van der Waals surface area contributed by atoms with Crippen molar-refractivity contribution in [3.05, 3.63) is 21.6 Å². The van der Waals surface area contributed by atoms with Crippen molar-refractivity contribution in [1.82, 2.24) is 9.78 Å². The second-order valence-corrected chi connectivity index (χ2v) is 5.39. The van der Waals surface area contributed by atoms with E-state index in [9.17, 15) is 4.79 Å². The van der Waals surface area contributed by atoms with E-state index in [1.54, 1.807) is 6.20 Å². The van der Waals surface area contributed by atoms with Crippen molar-refractivity contribution >= 4 is 17.3 Å². The molecule has 0 spiro atoms. The molecule has 1 saturated heterocycles. The van der Waals surface area contributed by atoms with Gasteiger partial charge in [0.25, 0.3) is 5.56 Å². The van der Waals surface area contributed by atoms with Crippen molar-refractivity contribution in [1.29, 1.82) is 0 Å². The first-order valence-corrected chi connectivity index (χ1v) is 6.66. The van der Waals surface area contributed by atoms with E-state index in [-0.39, 0.29) is 22.7 Å². The average Bonchev–Trinajstić information content (AvgIpc) is 2.33. The standard InChI is InChI=1S/C12H19ClN4O/c1-8(2)17-12(18)11(13)10(7-15-17)16-5-3-9(14)4-6-16/h7-9H,3-6,14H2,1-2H3. The highest BCUT2D eigenvalue weighted by molar-refractivity contribution is 6.33. The van der Waals surface area contributed by atoms with Crippen LogP contribution in [0.3, 0.4) is 0 Å². The minimum Gasteiger partial charge on any atom is -0.369 e. The Balaban J connectivity index is 2.30. The number of anilines is 1. The lowest BCUT2D eigenvalue weighted by Crippen LogP contribution is -2.40. The number of aromatic nitrogens is 2. The summed E-state index contributed by atoms with van der Waals surface area (Å²) in [5, 5.41) is 4.44. The zero-order valence-corrected chi connectivity index (χ0v) is 11.5. The van der Waals surface area contributed by atoms with E-state index >= 15 is 0 Å². The Kier molecular flexibility index (Phi) is 3.92. The van der Waals surface area contributed by atoms with Gasteiger partial charge in [-0.3, -0.25) is 4.79 Å². The maximum Gasteiger partial charge on any atom is 0.287 e. The van der Waals surface area contributed by atoms with Crippen molar-refractivity contribution in [2.75, 3.05) is 18.0 Å². The Bertz CT molecular complexity index is 477. The summed E-state index contributed by atoms with van der Waals surface area (Å²) in [5.74, 6) is 0. The fourth-order valence-corrected chi connectivity index (χ4v) is 2.42. The van der Waals surface area contributed by atoms with Gasteiger partial charge in [-0.25, -0.2) is 4.68 Å². The maximum atomic E-state index is 12.1. The van der Waals surface area contributed by atoms with Gasteiger partial charge in [-0.1, -0.05) is 11.6 Å². The van der Waals surface area contributed by atoms with Gasteiger partial charge in [-0.05, 0) is 26.7 Å². The monoisotopic (exact) mass is 270 g/mol. The molecule has 0 saturated carbocycles. The zero-order chi connectivity index (χ0) is 13.3. The van der Waals surface area contributed by atoms with Crippen LogP contribution in [0, 0.1) is 0 Å². The van der Waals surface area contributed by atoms with Crippen LogP contribution < -0.4 is 16.2 Å². The Morgan fingerprint density at radius 2 is 2.06 bits per heavy atom. The van der Waals surface area contributed by atoms with Crippen LogP contribution in [0.5, 0.6) is 0 Å². The van der Waals surface area contributed by atoms with Gasteiger partial charge in [0.2, 0.25) is 0 Å². The molecule has 18 heavy (non-hydrogen) atoms. The number of piperidine rings is 1. The van der Waals surface area contributed by atoms with Crippen LogP contribution >= 0.6 is 11.6 Å². The summed E-state index contributed by atoms with van der Waals surface area (Å²) in [6.45, 7) is 5.47. The Hall–Kier alpha value is -1.07. The molecule has 5 nitrogen and oxygen atoms in total. The summed E-state index contributed by atoms with van der Waals surface area (Å²) in [4.78, 5) is 14.1. The van der Waals surface area contributed by atoms with Gasteiger partial charge in [0.05, 0.1) is 17.9 Å². The molecule has 2 N–H and O–H groups in total. The van der Waals surface area contributed by atoms with Crippen LogP contribution in [-0.4, -0.2) is 28.9 Å². The molecule has 6 heteroatoms. The minimum absolute atomic E-state index is 0.0128. The molecule has 1 aromatic rings. The fraction of sp³-hybridized carbons (Fsp3) is 0.667. The van der Waals surface area contributed by atoms with Crippen LogP contribution in [0.25, 0.3) is 0 Å². The summed E-state index contributed by atoms with van der Waals surface area (Å²) < 4.78 is 1.40. The second kappa shape index (κ2) is 5.28. The quantitative estimate of drug-likeness (QED) is 0.882. The van der Waals surface area contributed by atoms with Crippen molar-refractivity contribution in [2.24, 2.45) is 5.73 Å². The van der Waals surface area contributed by atoms with Gasteiger partial charge in [0.1, 0.15) is 5.02 Å². The van der Waals surface area contributed by atoms with E-state index in [2.05, 4.69) is 10.00 Å². The van der Waals surface area contributed by atoms with Gasteiger partial charge in [-0.15, -0.1) is 0 Å². The normalized spacial score (nSPS) is 17.5. The van der Waals surface area contributed by atoms with Gasteiger partial charge in [0.15, 0.2) is 0 Å². The molecule has 0 unspecified atom stereocenters. The van der Waals surface area contributed by atoms with E-state index in [0.29, 0.717) is 0 Å². The highest BCUT2D eigenvalue weighted by Crippen LogP contribution is 2.24. The lowest BCUT2D eigenvalue weighted by atomic mass is 10.1. The van der Waals surface area contributed by atoms with Crippen molar-refractivity contribution < 1.29 is 0 Å². The molecule has 2 rings (SSSR count). The van der Waals surface area contributed by atoms with Gasteiger partial charge >= 0.3 is 0 Å². The third-order valence-corrected chi connectivity index (χ3v) is 3.65. The van der Waals surface area contributed by atoms with Crippen molar-refractivity contribution in [2.45, 2.75) is 38.8 Å². The molecule has 100 valence electrons. The van der Waals surface area contributed by atoms with Crippen LogP contribution in [0.15, 0.2) is 11.0 Å². The van der Waals surface area contributed by atoms with Crippen LogP contribution in [-0.2, 0) is 0 Å². The van der Waals surface area contributed by atoms with Crippen molar-refractivity contribution in [3.63, 3.8) is 0 Å². The van der Waals surface area contributed by atoms with Gasteiger partial charge in [0, 0.05) is 19.1 Å². The number of rotatable bonds is 2. The Morgan fingerprint density at radius 3 is 2.61 bits per heavy atom. The molecule has 0 amide bonds. The molecule has 2 heterocycles. The maximum absolute atomic E-state index is 12.1. The zero-order valence-electron chi connectivity index (χ0n) is 10.8. The SMILES string of the molecule is CC(C)n1ncc(N2CCC(N)CC2)c(Cl)c1=O. The first-order valence-electron chi connectivity index (χ1n) is 6.28. The number of nitrogens with two attached hydrogens (primary N) is 1. The Labute approximate surface area is 112 Å². The number of halogens is 1. The second-order valence-electron chi connectivity index (χ2n) is 5.01. The number of nitrogens with zero attached hydrogens (tertiary/aromatic N) is 3.